The van der Waals surface area contributed by atoms with Crippen LogP contribution in [0.1, 0.15) is 19.7 Å². The fourth-order valence-electron chi connectivity index (χ4n) is 0.421. The van der Waals surface area contributed by atoms with Gasteiger partial charge in [0.1, 0.15) is 5.82 Å². The van der Waals surface area contributed by atoms with Gasteiger partial charge in [-0.3, -0.25) is 0 Å². The second-order valence-corrected chi connectivity index (χ2v) is 2.17. The largest absolute Gasteiger partial charge is 0.240 e. The number of halogens is 1. The molecule has 0 spiro atoms. The lowest BCUT2D eigenvalue weighted by atomic mass is 10.6. The standard InChI is InChI=1S/C5H5FN2S.C2H6/c1-4-7-2-5(9-6)3-8-4;1-2/h2-3H,1H3;1-2H3. The van der Waals surface area contributed by atoms with Crippen molar-refractivity contribution in [3.63, 3.8) is 0 Å². The average Bonchev–Trinajstić information content (AvgIpc) is 2.10. The minimum absolute atomic E-state index is 0.152. The van der Waals surface area contributed by atoms with Gasteiger partial charge in [-0.2, -0.15) is 3.89 Å². The SMILES string of the molecule is CC.Cc1ncc(SF)cn1. The first-order valence-corrected chi connectivity index (χ1v) is 4.12. The zero-order valence-electron chi connectivity index (χ0n) is 6.84. The van der Waals surface area contributed by atoms with Crippen LogP contribution in [0.3, 0.4) is 0 Å². The molecule has 0 saturated carbocycles. The van der Waals surface area contributed by atoms with Gasteiger partial charge in [0.15, 0.2) is 0 Å². The molecule has 62 valence electrons. The Bertz CT molecular complexity index is 188. The molecule has 0 unspecified atom stereocenters. The van der Waals surface area contributed by atoms with E-state index in [-0.39, 0.29) is 12.1 Å². The molecular formula is C7H11FN2S. The van der Waals surface area contributed by atoms with E-state index in [2.05, 4.69) is 9.97 Å². The summed E-state index contributed by atoms with van der Waals surface area (Å²) >= 11 is 0.152. The van der Waals surface area contributed by atoms with Crippen molar-refractivity contribution in [1.29, 1.82) is 0 Å². The number of aryl methyl sites for hydroxylation is 1. The van der Waals surface area contributed by atoms with Gasteiger partial charge in [0.25, 0.3) is 0 Å². The second-order valence-electron chi connectivity index (χ2n) is 1.54. The number of aromatic nitrogens is 2. The van der Waals surface area contributed by atoms with Crippen molar-refractivity contribution in [2.45, 2.75) is 25.7 Å². The lowest BCUT2D eigenvalue weighted by Crippen LogP contribution is -1.83. The molecule has 0 fully saturated rings. The van der Waals surface area contributed by atoms with Crippen LogP contribution in [0.2, 0.25) is 0 Å². The summed E-state index contributed by atoms with van der Waals surface area (Å²) < 4.78 is 11.7. The molecule has 11 heavy (non-hydrogen) atoms. The highest BCUT2D eigenvalue weighted by Gasteiger charge is 1.91. The van der Waals surface area contributed by atoms with Gasteiger partial charge in [-0.1, -0.05) is 13.8 Å². The third-order valence-corrected chi connectivity index (χ3v) is 1.24. The van der Waals surface area contributed by atoms with Crippen LogP contribution in [0, 0.1) is 6.92 Å². The number of rotatable bonds is 1. The summed E-state index contributed by atoms with van der Waals surface area (Å²) in [5, 5.41) is 0. The summed E-state index contributed by atoms with van der Waals surface area (Å²) in [6.07, 6.45) is 2.90. The van der Waals surface area contributed by atoms with Crippen LogP contribution in [0.5, 0.6) is 0 Å². The molecule has 0 atom stereocenters. The Kier molecular flexibility index (Phi) is 5.74. The molecule has 4 heteroatoms. The summed E-state index contributed by atoms with van der Waals surface area (Å²) in [6.45, 7) is 5.76. The normalized spacial score (nSPS) is 8.36. The van der Waals surface area contributed by atoms with E-state index in [9.17, 15) is 3.89 Å². The van der Waals surface area contributed by atoms with Crippen molar-refractivity contribution in [3.05, 3.63) is 18.2 Å². The molecule has 0 aliphatic carbocycles. The van der Waals surface area contributed by atoms with E-state index >= 15 is 0 Å². The van der Waals surface area contributed by atoms with E-state index in [1.165, 1.54) is 12.4 Å². The van der Waals surface area contributed by atoms with E-state index in [0.29, 0.717) is 10.7 Å². The Labute approximate surface area is 70.6 Å². The summed E-state index contributed by atoms with van der Waals surface area (Å²) in [6, 6.07) is 0. The van der Waals surface area contributed by atoms with E-state index < -0.39 is 0 Å². The molecule has 0 N–H and O–H groups in total. The summed E-state index contributed by atoms with van der Waals surface area (Å²) in [7, 11) is 0. The molecule has 0 radical (unpaired) electrons. The van der Waals surface area contributed by atoms with Crippen LogP contribution >= 0.6 is 12.1 Å². The number of nitrogens with zero attached hydrogens (tertiary/aromatic N) is 2. The lowest BCUT2D eigenvalue weighted by Gasteiger charge is -1.89. The highest BCUT2D eigenvalue weighted by Crippen LogP contribution is 2.14. The molecule has 1 heterocycles. The predicted octanol–water partition coefficient (Wildman–Crippen LogP) is 2.79. The van der Waals surface area contributed by atoms with Gasteiger partial charge in [0, 0.05) is 12.4 Å². The molecule has 0 aromatic carbocycles. The lowest BCUT2D eigenvalue weighted by molar-refractivity contribution is 0.920. The topological polar surface area (TPSA) is 25.8 Å². The first kappa shape index (κ1) is 10.4. The van der Waals surface area contributed by atoms with Crippen LogP contribution in [-0.2, 0) is 0 Å². The molecule has 0 bridgehead atoms. The van der Waals surface area contributed by atoms with E-state index in [0.717, 1.165) is 0 Å². The van der Waals surface area contributed by atoms with Crippen LogP contribution < -0.4 is 0 Å². The maximum absolute atomic E-state index is 11.7. The average molecular weight is 174 g/mol. The highest BCUT2D eigenvalue weighted by atomic mass is 32.2. The molecule has 1 aromatic heterocycles. The molecule has 0 aliphatic heterocycles. The van der Waals surface area contributed by atoms with Crippen molar-refractivity contribution in [1.82, 2.24) is 9.97 Å². The number of hydrogen-bond acceptors (Lipinski definition) is 3. The Hall–Kier alpha value is -0.640. The van der Waals surface area contributed by atoms with Crippen LogP contribution in [0.15, 0.2) is 17.3 Å². The van der Waals surface area contributed by atoms with Crippen molar-refractivity contribution in [2.24, 2.45) is 0 Å². The fourth-order valence-corrected chi connectivity index (χ4v) is 0.606. The van der Waals surface area contributed by atoms with E-state index in [1.807, 2.05) is 13.8 Å². The fraction of sp³-hybridized carbons (Fsp3) is 0.429. The van der Waals surface area contributed by atoms with Crippen LogP contribution in [0.4, 0.5) is 3.89 Å². The predicted molar refractivity (Wildman–Crippen MR) is 45.1 cm³/mol. The van der Waals surface area contributed by atoms with Gasteiger partial charge >= 0.3 is 0 Å². The van der Waals surface area contributed by atoms with Crippen LogP contribution in [-0.4, -0.2) is 9.97 Å². The monoisotopic (exact) mass is 174 g/mol. The molecule has 1 rings (SSSR count). The maximum Gasteiger partial charge on any atom is 0.125 e. The van der Waals surface area contributed by atoms with Gasteiger partial charge in [0.05, 0.1) is 17.0 Å². The summed E-state index contributed by atoms with van der Waals surface area (Å²) in [5.41, 5.74) is 0. The minimum atomic E-state index is 0.152. The zero-order chi connectivity index (χ0) is 8.69. The Morgan fingerprint density at radius 3 is 2.09 bits per heavy atom. The molecule has 0 saturated heterocycles. The Morgan fingerprint density at radius 2 is 1.73 bits per heavy atom. The van der Waals surface area contributed by atoms with Crippen molar-refractivity contribution < 1.29 is 3.89 Å². The third kappa shape index (κ3) is 3.93. The third-order valence-electron chi connectivity index (χ3n) is 0.846. The van der Waals surface area contributed by atoms with Gasteiger partial charge in [0.2, 0.25) is 0 Å². The molecule has 1 aromatic rings. The molecule has 2 nitrogen and oxygen atoms in total. The summed E-state index contributed by atoms with van der Waals surface area (Å²) in [4.78, 5) is 8.00. The van der Waals surface area contributed by atoms with Crippen LogP contribution in [0.25, 0.3) is 0 Å². The van der Waals surface area contributed by atoms with Crippen molar-refractivity contribution in [3.8, 4) is 0 Å². The highest BCUT2D eigenvalue weighted by molar-refractivity contribution is 7.94. The first-order chi connectivity index (χ1) is 5.33. The minimum Gasteiger partial charge on any atom is -0.240 e. The van der Waals surface area contributed by atoms with E-state index in [1.54, 1.807) is 6.92 Å². The maximum atomic E-state index is 11.7. The van der Waals surface area contributed by atoms with Gasteiger partial charge in [-0.25, -0.2) is 9.97 Å². The number of hydrogen-bond donors (Lipinski definition) is 0. The van der Waals surface area contributed by atoms with Gasteiger partial charge < -0.3 is 0 Å². The van der Waals surface area contributed by atoms with Gasteiger partial charge in [-0.15, -0.1) is 0 Å². The Balaban J connectivity index is 0.000000461. The molecular weight excluding hydrogens is 163 g/mol. The molecule has 0 amide bonds. The van der Waals surface area contributed by atoms with E-state index in [4.69, 9.17) is 0 Å². The van der Waals surface area contributed by atoms with Crippen molar-refractivity contribution >= 4 is 12.1 Å². The Morgan fingerprint density at radius 1 is 1.27 bits per heavy atom. The smallest absolute Gasteiger partial charge is 0.125 e. The van der Waals surface area contributed by atoms with Crippen molar-refractivity contribution in [2.75, 3.05) is 0 Å². The second kappa shape index (κ2) is 6.09. The zero-order valence-corrected chi connectivity index (χ0v) is 7.65. The first-order valence-electron chi connectivity index (χ1n) is 3.40. The molecule has 0 aliphatic rings. The quantitative estimate of drug-likeness (QED) is 0.654. The summed E-state index contributed by atoms with van der Waals surface area (Å²) in [5.74, 6) is 0.660. The van der Waals surface area contributed by atoms with Gasteiger partial charge in [-0.05, 0) is 6.92 Å².